The summed E-state index contributed by atoms with van der Waals surface area (Å²) in [5, 5.41) is 8.65. The zero-order chi connectivity index (χ0) is 15.9. The number of halogens is 1. The Balaban J connectivity index is 1.96. The molecule has 6 nitrogen and oxygen atoms in total. The van der Waals surface area contributed by atoms with Crippen LogP contribution in [0.2, 0.25) is 5.02 Å². The van der Waals surface area contributed by atoms with Gasteiger partial charge in [0.15, 0.2) is 0 Å². The summed E-state index contributed by atoms with van der Waals surface area (Å²) in [7, 11) is 0. The van der Waals surface area contributed by atoms with Gasteiger partial charge in [-0.25, -0.2) is 0 Å². The van der Waals surface area contributed by atoms with Crippen molar-refractivity contribution in [3.05, 3.63) is 45.7 Å². The van der Waals surface area contributed by atoms with Gasteiger partial charge in [0.25, 0.3) is 11.8 Å². The topological polar surface area (TPSA) is 83.4 Å². The van der Waals surface area contributed by atoms with Crippen molar-refractivity contribution in [2.24, 2.45) is 0 Å². The molecule has 0 unspecified atom stereocenters. The number of hydrogen-bond acceptors (Lipinski definition) is 4. The largest absolute Gasteiger partial charge is 0.444 e. The third-order valence-electron chi connectivity index (χ3n) is 3.41. The predicted molar refractivity (Wildman–Crippen MR) is 83.5 cm³/mol. The molecule has 0 spiro atoms. The molecular formula is C15H14ClN3O3. The van der Waals surface area contributed by atoms with Gasteiger partial charge in [-0.1, -0.05) is 17.7 Å². The molecule has 114 valence electrons. The summed E-state index contributed by atoms with van der Waals surface area (Å²) in [6, 6.07) is 5.31. The van der Waals surface area contributed by atoms with E-state index in [0.717, 1.165) is 5.56 Å². The molecule has 0 saturated carbocycles. The first kappa shape index (κ1) is 14.5. The molecule has 0 radical (unpaired) electrons. The minimum absolute atomic E-state index is 0.205. The van der Waals surface area contributed by atoms with Crippen LogP contribution >= 0.6 is 11.6 Å². The van der Waals surface area contributed by atoms with Crippen LogP contribution < -0.4 is 16.0 Å². The number of anilines is 2. The number of amides is 2. The monoisotopic (exact) mass is 319 g/mol. The van der Waals surface area contributed by atoms with Crippen LogP contribution in [0, 0.1) is 13.8 Å². The van der Waals surface area contributed by atoms with E-state index in [-0.39, 0.29) is 23.7 Å². The third-order valence-corrected chi connectivity index (χ3v) is 3.72. The second-order valence-corrected chi connectivity index (χ2v) is 5.44. The zero-order valence-corrected chi connectivity index (χ0v) is 12.8. The fourth-order valence-corrected chi connectivity index (χ4v) is 2.64. The molecule has 3 N–H and O–H groups in total. The third kappa shape index (κ3) is 2.42. The van der Waals surface area contributed by atoms with Gasteiger partial charge in [-0.2, -0.15) is 0 Å². The molecule has 0 aliphatic carbocycles. The van der Waals surface area contributed by atoms with Crippen LogP contribution in [0.25, 0.3) is 0 Å². The fraction of sp³-hybridized carbons (Fsp3) is 0.200. The minimum atomic E-state index is -0.438. The lowest BCUT2D eigenvalue weighted by Gasteiger charge is -2.14. The molecule has 3 rings (SSSR count). The van der Waals surface area contributed by atoms with E-state index in [9.17, 15) is 9.59 Å². The van der Waals surface area contributed by atoms with Crippen LogP contribution in [0.3, 0.4) is 0 Å². The van der Waals surface area contributed by atoms with E-state index >= 15 is 0 Å². The van der Waals surface area contributed by atoms with E-state index in [2.05, 4.69) is 16.0 Å². The van der Waals surface area contributed by atoms with Crippen LogP contribution in [0.4, 0.5) is 11.6 Å². The highest BCUT2D eigenvalue weighted by Gasteiger charge is 2.30. The Labute approximate surface area is 131 Å². The van der Waals surface area contributed by atoms with Gasteiger partial charge in [0, 0.05) is 0 Å². The normalized spacial score (nSPS) is 13.1. The highest BCUT2D eigenvalue weighted by atomic mass is 35.5. The molecule has 1 aliphatic heterocycles. The zero-order valence-electron chi connectivity index (χ0n) is 12.0. The first-order valence-electron chi connectivity index (χ1n) is 6.70. The number of fused-ring (bicyclic) bond motifs is 1. The molecule has 7 heteroatoms. The maximum Gasteiger partial charge on any atom is 0.260 e. The van der Waals surface area contributed by atoms with Crippen molar-refractivity contribution >= 4 is 35.0 Å². The van der Waals surface area contributed by atoms with Crippen molar-refractivity contribution in [2.45, 2.75) is 13.8 Å². The van der Waals surface area contributed by atoms with E-state index in [0.29, 0.717) is 22.4 Å². The van der Waals surface area contributed by atoms with Gasteiger partial charge in [-0.3, -0.25) is 9.59 Å². The Bertz CT molecular complexity index is 783. The van der Waals surface area contributed by atoms with Crippen molar-refractivity contribution < 1.29 is 14.0 Å². The Morgan fingerprint density at radius 1 is 1.32 bits per heavy atom. The second kappa shape index (κ2) is 5.38. The van der Waals surface area contributed by atoms with Crippen molar-refractivity contribution in [1.29, 1.82) is 0 Å². The standard InChI is InChI=1S/C15H14ClN3O3/c1-7-3-4-10(9(16)5-7)19-14(21)11-8(2)22-15-12(11)13(20)17-6-18-15/h3-5,18H,6H2,1-2H3,(H,17,20)(H,19,21). The molecule has 0 fully saturated rings. The summed E-state index contributed by atoms with van der Waals surface area (Å²) >= 11 is 6.12. The molecular weight excluding hydrogens is 306 g/mol. The molecule has 2 aromatic rings. The Morgan fingerprint density at radius 2 is 2.09 bits per heavy atom. The van der Waals surface area contributed by atoms with Crippen molar-refractivity contribution in [3.8, 4) is 0 Å². The number of rotatable bonds is 2. The first-order chi connectivity index (χ1) is 10.5. The SMILES string of the molecule is Cc1ccc(NC(=O)c2c(C)oc3c2C(=O)NCN3)c(Cl)c1. The molecule has 1 aromatic carbocycles. The lowest BCUT2D eigenvalue weighted by atomic mass is 10.1. The predicted octanol–water partition coefficient (Wildman–Crippen LogP) is 2.91. The van der Waals surface area contributed by atoms with Gasteiger partial charge >= 0.3 is 0 Å². The lowest BCUT2D eigenvalue weighted by molar-refractivity contribution is 0.0939. The van der Waals surface area contributed by atoms with Crippen LogP contribution in [-0.4, -0.2) is 18.5 Å². The van der Waals surface area contributed by atoms with Crippen molar-refractivity contribution in [2.75, 3.05) is 17.3 Å². The number of nitrogens with one attached hydrogen (secondary N) is 3. The summed E-state index contributed by atoms with van der Waals surface area (Å²) in [6.07, 6.45) is 0. The van der Waals surface area contributed by atoms with Gasteiger partial charge < -0.3 is 20.4 Å². The van der Waals surface area contributed by atoms with Crippen LogP contribution in [0.15, 0.2) is 22.6 Å². The summed E-state index contributed by atoms with van der Waals surface area (Å²) in [5.41, 5.74) is 1.89. The Hall–Kier alpha value is -2.47. The minimum Gasteiger partial charge on any atom is -0.444 e. The quantitative estimate of drug-likeness (QED) is 0.794. The van der Waals surface area contributed by atoms with E-state index in [1.165, 1.54) is 0 Å². The van der Waals surface area contributed by atoms with Gasteiger partial charge in [0.05, 0.1) is 22.9 Å². The number of carbonyl (C=O) groups excluding carboxylic acids is 2. The average molecular weight is 320 g/mol. The molecule has 22 heavy (non-hydrogen) atoms. The molecule has 0 bridgehead atoms. The number of furan rings is 1. The summed E-state index contributed by atoms with van der Waals surface area (Å²) in [6.45, 7) is 3.81. The van der Waals surface area contributed by atoms with Crippen LogP contribution in [0.5, 0.6) is 0 Å². The smallest absolute Gasteiger partial charge is 0.260 e. The highest BCUT2D eigenvalue weighted by Crippen LogP contribution is 2.30. The lowest BCUT2D eigenvalue weighted by Crippen LogP contribution is -2.35. The second-order valence-electron chi connectivity index (χ2n) is 5.03. The molecule has 2 amide bonds. The number of carbonyl (C=O) groups is 2. The number of benzene rings is 1. The van der Waals surface area contributed by atoms with Crippen LogP contribution in [-0.2, 0) is 0 Å². The molecule has 1 aromatic heterocycles. The maximum atomic E-state index is 12.5. The Kier molecular flexibility index (Phi) is 3.54. The van der Waals surface area contributed by atoms with E-state index in [1.54, 1.807) is 19.1 Å². The van der Waals surface area contributed by atoms with Crippen molar-refractivity contribution in [1.82, 2.24) is 5.32 Å². The van der Waals surface area contributed by atoms with E-state index in [4.69, 9.17) is 16.0 Å². The first-order valence-corrected chi connectivity index (χ1v) is 7.08. The summed E-state index contributed by atoms with van der Waals surface area (Å²) < 4.78 is 5.45. The van der Waals surface area contributed by atoms with Gasteiger partial charge in [0.2, 0.25) is 5.88 Å². The van der Waals surface area contributed by atoms with Crippen LogP contribution in [0.1, 0.15) is 32.0 Å². The van der Waals surface area contributed by atoms with Gasteiger partial charge in [-0.05, 0) is 31.5 Å². The van der Waals surface area contributed by atoms with Gasteiger partial charge in [0.1, 0.15) is 11.3 Å². The van der Waals surface area contributed by atoms with Gasteiger partial charge in [-0.15, -0.1) is 0 Å². The molecule has 0 atom stereocenters. The molecule has 1 aliphatic rings. The summed E-state index contributed by atoms with van der Waals surface area (Å²) in [4.78, 5) is 24.5. The maximum absolute atomic E-state index is 12.5. The van der Waals surface area contributed by atoms with Crippen molar-refractivity contribution in [3.63, 3.8) is 0 Å². The van der Waals surface area contributed by atoms with E-state index < -0.39 is 5.91 Å². The average Bonchev–Trinajstić information content (AvgIpc) is 2.79. The molecule has 2 heterocycles. The highest BCUT2D eigenvalue weighted by molar-refractivity contribution is 6.34. The fourth-order valence-electron chi connectivity index (χ4n) is 2.36. The molecule has 0 saturated heterocycles. The van der Waals surface area contributed by atoms with E-state index in [1.807, 2.05) is 13.0 Å². The number of hydrogen-bond donors (Lipinski definition) is 3. The summed E-state index contributed by atoms with van der Waals surface area (Å²) in [5.74, 6) is -0.102. The number of aryl methyl sites for hydroxylation is 2. The Morgan fingerprint density at radius 3 is 2.82 bits per heavy atom.